The normalized spacial score (nSPS) is 14.1. The van der Waals surface area contributed by atoms with Gasteiger partial charge in [0.15, 0.2) is 6.10 Å². The van der Waals surface area contributed by atoms with E-state index in [1.54, 1.807) is 0 Å². The second-order valence-electron chi connectivity index (χ2n) is 15.1. The fourth-order valence-electron chi connectivity index (χ4n) is 5.96. The van der Waals surface area contributed by atoms with Gasteiger partial charge in [0, 0.05) is 12.8 Å². The first-order valence-electron chi connectivity index (χ1n) is 22.3. The number of carbonyl (C=O) groups is 3. The molecule has 0 bridgehead atoms. The zero-order valence-electron chi connectivity index (χ0n) is 35.8. The third-order valence-electron chi connectivity index (χ3n) is 9.61. The van der Waals surface area contributed by atoms with Crippen LogP contribution in [-0.2, 0) is 37.5 Å². The lowest BCUT2D eigenvalue weighted by atomic mass is 10.0. The number of carbonyl (C=O) groups excluding carboxylic acids is 3. The van der Waals surface area contributed by atoms with Gasteiger partial charge in [-0.1, -0.05) is 179 Å². The Morgan fingerprint density at radius 2 is 0.982 bits per heavy atom. The van der Waals surface area contributed by atoms with Gasteiger partial charge < -0.3 is 20.1 Å². The molecule has 0 aromatic rings. The Morgan fingerprint density at radius 3 is 1.48 bits per heavy atom. The maximum Gasteiger partial charge on any atom is 0.472 e. The van der Waals surface area contributed by atoms with Gasteiger partial charge in [-0.15, -0.1) is 0 Å². The first-order valence-corrected chi connectivity index (χ1v) is 23.8. The van der Waals surface area contributed by atoms with Gasteiger partial charge >= 0.3 is 19.8 Å². The van der Waals surface area contributed by atoms with E-state index in [4.69, 9.17) is 24.3 Å². The van der Waals surface area contributed by atoms with E-state index in [9.17, 15) is 23.8 Å². The number of phosphoric ester groups is 1. The lowest BCUT2D eigenvalue weighted by molar-refractivity contribution is -0.161. The Balaban J connectivity index is 4.45. The van der Waals surface area contributed by atoms with E-state index < -0.39 is 50.9 Å². The zero-order valence-corrected chi connectivity index (χ0v) is 36.7. The maximum atomic E-state index is 12.6. The number of phosphoric acid groups is 1. The molecule has 0 heterocycles. The maximum absolute atomic E-state index is 12.6. The number of rotatable bonds is 41. The van der Waals surface area contributed by atoms with Crippen LogP contribution in [0.25, 0.3) is 0 Å². The van der Waals surface area contributed by atoms with Crippen LogP contribution in [0.2, 0.25) is 0 Å². The quantitative estimate of drug-likeness (QED) is 0.0264. The van der Waals surface area contributed by atoms with Crippen LogP contribution in [0.1, 0.15) is 201 Å². The van der Waals surface area contributed by atoms with Crippen LogP contribution in [0, 0.1) is 0 Å². The lowest BCUT2D eigenvalue weighted by Gasteiger charge is -2.20. The van der Waals surface area contributed by atoms with Crippen LogP contribution < -0.4 is 5.73 Å². The van der Waals surface area contributed by atoms with Gasteiger partial charge in [-0.05, 0) is 45.4 Å². The summed E-state index contributed by atoms with van der Waals surface area (Å²) in [4.78, 5) is 46.5. The van der Waals surface area contributed by atoms with Crippen LogP contribution in [-0.4, -0.2) is 54.6 Å². The van der Waals surface area contributed by atoms with Gasteiger partial charge in [0.05, 0.1) is 19.3 Å². The summed E-state index contributed by atoms with van der Waals surface area (Å²) in [7, 11) is -4.62. The van der Waals surface area contributed by atoms with Crippen molar-refractivity contribution in [3.8, 4) is 0 Å². The number of ketones is 1. The minimum Gasteiger partial charge on any atom is -0.462 e. The molecule has 3 N–H and O–H groups in total. The smallest absolute Gasteiger partial charge is 0.462 e. The Bertz CT molecular complexity index is 1090. The first-order chi connectivity index (χ1) is 27.1. The topological polar surface area (TPSA) is 151 Å². The Labute approximate surface area is 341 Å². The molecule has 0 aromatic carbocycles. The highest BCUT2D eigenvalue weighted by molar-refractivity contribution is 7.47. The molecule has 0 spiro atoms. The molecule has 10 nitrogen and oxygen atoms in total. The summed E-state index contributed by atoms with van der Waals surface area (Å²) in [5, 5.41) is 0. The fourth-order valence-corrected chi connectivity index (χ4v) is 6.74. The number of hydrogen-bond donors (Lipinski definition) is 2. The molecule has 11 heteroatoms. The molecule has 0 radical (unpaired) electrons. The van der Waals surface area contributed by atoms with E-state index in [0.717, 1.165) is 38.5 Å². The number of nitrogens with two attached hydrogens (primary N) is 1. The van der Waals surface area contributed by atoms with Crippen molar-refractivity contribution in [2.75, 3.05) is 19.8 Å². The summed E-state index contributed by atoms with van der Waals surface area (Å²) in [6.07, 6.45) is 42.7. The van der Waals surface area contributed by atoms with Crippen molar-refractivity contribution in [1.82, 2.24) is 0 Å². The second kappa shape index (κ2) is 39.7. The molecular formula is C45H82NO9P. The summed E-state index contributed by atoms with van der Waals surface area (Å²) in [5.41, 5.74) is 5.58. The third kappa shape index (κ3) is 38.8. The van der Waals surface area contributed by atoms with E-state index in [1.807, 2.05) is 12.2 Å². The minimum absolute atomic E-state index is 0.0753. The Morgan fingerprint density at radius 1 is 0.554 bits per heavy atom. The van der Waals surface area contributed by atoms with E-state index >= 15 is 0 Å². The Hall–Kier alpha value is -2.10. The molecule has 0 aliphatic heterocycles. The predicted molar refractivity (Wildman–Crippen MR) is 229 cm³/mol. The van der Waals surface area contributed by atoms with Gasteiger partial charge in [0.25, 0.3) is 0 Å². The average molecular weight is 812 g/mol. The number of hydrogen-bond acceptors (Lipinski definition) is 9. The summed E-state index contributed by atoms with van der Waals surface area (Å²) in [5.74, 6) is -1.41. The molecule has 0 saturated carbocycles. The van der Waals surface area contributed by atoms with E-state index in [-0.39, 0.29) is 19.4 Å². The highest BCUT2D eigenvalue weighted by atomic mass is 31.2. The van der Waals surface area contributed by atoms with Gasteiger partial charge in [-0.25, -0.2) is 4.57 Å². The van der Waals surface area contributed by atoms with Gasteiger partial charge in [-0.2, -0.15) is 0 Å². The molecule has 0 aromatic heterocycles. The van der Waals surface area contributed by atoms with Crippen LogP contribution >= 0.6 is 7.82 Å². The summed E-state index contributed by atoms with van der Waals surface area (Å²) >= 11 is 0. The molecule has 56 heavy (non-hydrogen) atoms. The predicted octanol–water partition coefficient (Wildman–Crippen LogP) is 12.1. The van der Waals surface area contributed by atoms with Crippen molar-refractivity contribution in [2.45, 2.75) is 213 Å². The number of esters is 2. The fraction of sp³-hybridized carbons (Fsp3) is 0.800. The monoisotopic (exact) mass is 812 g/mol. The highest BCUT2D eigenvalue weighted by Crippen LogP contribution is 2.43. The van der Waals surface area contributed by atoms with E-state index in [1.165, 1.54) is 122 Å². The van der Waals surface area contributed by atoms with Crippen LogP contribution in [0.3, 0.4) is 0 Å². The van der Waals surface area contributed by atoms with Gasteiger partial charge in [-0.3, -0.25) is 23.4 Å². The summed E-state index contributed by atoms with van der Waals surface area (Å²) in [6, 6.07) is -1.08. The van der Waals surface area contributed by atoms with Crippen LogP contribution in [0.15, 0.2) is 36.5 Å². The van der Waals surface area contributed by atoms with Crippen LogP contribution in [0.4, 0.5) is 0 Å². The second-order valence-corrected chi connectivity index (χ2v) is 16.6. The van der Waals surface area contributed by atoms with Crippen molar-refractivity contribution >= 4 is 25.5 Å². The minimum atomic E-state index is -4.62. The number of allylic oxidation sites excluding steroid dienone is 6. The molecule has 326 valence electrons. The van der Waals surface area contributed by atoms with Crippen molar-refractivity contribution < 1.29 is 42.4 Å². The standard InChI is InChI=1S/C45H82NO9P/c1-4-6-8-10-12-14-16-18-20-21-23-25-27-29-31-33-35-37-45(49)55-42(39-53-56(50,51)54-40-43(46)41(3)47)38-52-44(48)36-34-32-30-28-26-24-22-19-17-15-13-11-9-7-5-2/h20-21,25,27,31,33,42-43H,4-19,22-24,26,28-30,32,34-40,46H2,1-3H3,(H,50,51). The number of unbranched alkanes of at least 4 members (excludes halogenated alkanes) is 21. The van der Waals surface area contributed by atoms with E-state index in [2.05, 4.69) is 38.2 Å². The summed E-state index contributed by atoms with van der Waals surface area (Å²) in [6.45, 7) is 4.34. The zero-order chi connectivity index (χ0) is 41.4. The average Bonchev–Trinajstić information content (AvgIpc) is 3.17. The van der Waals surface area contributed by atoms with Crippen molar-refractivity contribution in [2.24, 2.45) is 5.73 Å². The van der Waals surface area contributed by atoms with Crippen molar-refractivity contribution in [1.29, 1.82) is 0 Å². The molecule has 0 aliphatic rings. The molecular weight excluding hydrogens is 729 g/mol. The molecule has 0 amide bonds. The van der Waals surface area contributed by atoms with Crippen molar-refractivity contribution in [3.05, 3.63) is 36.5 Å². The molecule has 0 saturated heterocycles. The highest BCUT2D eigenvalue weighted by Gasteiger charge is 2.27. The largest absolute Gasteiger partial charge is 0.472 e. The van der Waals surface area contributed by atoms with Gasteiger partial charge in [0.1, 0.15) is 12.4 Å². The third-order valence-corrected chi connectivity index (χ3v) is 10.6. The molecule has 0 aliphatic carbocycles. The molecule has 0 rings (SSSR count). The summed E-state index contributed by atoms with van der Waals surface area (Å²) < 4.78 is 33.0. The lowest BCUT2D eigenvalue weighted by Crippen LogP contribution is -2.33. The van der Waals surface area contributed by atoms with Crippen LogP contribution in [0.5, 0.6) is 0 Å². The Kier molecular flexibility index (Phi) is 38.2. The number of Topliss-reactive ketones (excluding diaryl/α,β-unsaturated/α-hetero) is 1. The number of ether oxygens (including phenoxy) is 2. The SMILES string of the molecule is CCCCCCCCCC=CCC=CCC=CCCC(=O)OC(COC(=O)CCCCCCCCCCCCCCCCC)COP(=O)(O)OCC(N)C(C)=O. The molecule has 3 unspecified atom stereocenters. The van der Waals surface area contributed by atoms with Crippen molar-refractivity contribution in [3.63, 3.8) is 0 Å². The van der Waals surface area contributed by atoms with Gasteiger partial charge in [0.2, 0.25) is 0 Å². The first kappa shape index (κ1) is 53.9. The van der Waals surface area contributed by atoms with E-state index in [0.29, 0.717) is 12.8 Å². The molecule has 3 atom stereocenters. The molecule has 0 fully saturated rings.